The molecule has 0 spiro atoms. The third-order valence-electron chi connectivity index (χ3n) is 4.33. The lowest BCUT2D eigenvalue weighted by Crippen LogP contribution is -2.34. The van der Waals surface area contributed by atoms with Gasteiger partial charge in [0.05, 0.1) is 32.8 Å². The molecule has 156 valence electrons. The fourth-order valence-electron chi connectivity index (χ4n) is 2.71. The number of nitrogens with one attached hydrogen (secondary N) is 1. The SMILES string of the molecule is COc1ccc(OCCNC(=O)Cn2cnc(-c3ccc(OC)cc3)cc2=O)cc1. The zero-order chi connectivity index (χ0) is 21.3. The fourth-order valence-corrected chi connectivity index (χ4v) is 2.71. The highest BCUT2D eigenvalue weighted by molar-refractivity contribution is 5.75. The van der Waals surface area contributed by atoms with Gasteiger partial charge in [0.25, 0.3) is 5.56 Å². The van der Waals surface area contributed by atoms with Crippen molar-refractivity contribution in [3.05, 3.63) is 71.3 Å². The van der Waals surface area contributed by atoms with Crippen LogP contribution in [0.1, 0.15) is 0 Å². The number of amides is 1. The maximum atomic E-state index is 12.3. The van der Waals surface area contributed by atoms with Crippen molar-refractivity contribution in [2.75, 3.05) is 27.4 Å². The number of carbonyl (C=O) groups is 1. The molecule has 0 atom stereocenters. The van der Waals surface area contributed by atoms with Crippen molar-refractivity contribution in [3.63, 3.8) is 0 Å². The lowest BCUT2D eigenvalue weighted by molar-refractivity contribution is -0.121. The maximum absolute atomic E-state index is 12.3. The fraction of sp³-hybridized carbons (Fsp3) is 0.227. The number of rotatable bonds is 9. The number of hydrogen-bond acceptors (Lipinski definition) is 6. The van der Waals surface area contributed by atoms with Crippen LogP contribution in [0.25, 0.3) is 11.3 Å². The molecule has 2 aromatic carbocycles. The largest absolute Gasteiger partial charge is 0.497 e. The number of aromatic nitrogens is 2. The Morgan fingerprint density at radius 1 is 0.967 bits per heavy atom. The van der Waals surface area contributed by atoms with Gasteiger partial charge in [-0.05, 0) is 48.5 Å². The minimum absolute atomic E-state index is 0.114. The average molecular weight is 409 g/mol. The molecular formula is C22H23N3O5. The summed E-state index contributed by atoms with van der Waals surface area (Å²) in [4.78, 5) is 28.7. The van der Waals surface area contributed by atoms with Gasteiger partial charge in [0, 0.05) is 11.6 Å². The van der Waals surface area contributed by atoms with Crippen molar-refractivity contribution in [2.45, 2.75) is 6.54 Å². The quantitative estimate of drug-likeness (QED) is 0.545. The number of benzene rings is 2. The van der Waals surface area contributed by atoms with E-state index in [-0.39, 0.29) is 18.0 Å². The molecule has 8 heteroatoms. The van der Waals surface area contributed by atoms with Crippen LogP contribution in [0.3, 0.4) is 0 Å². The topological polar surface area (TPSA) is 91.7 Å². The van der Waals surface area contributed by atoms with Crippen LogP contribution in [0.4, 0.5) is 0 Å². The summed E-state index contributed by atoms with van der Waals surface area (Å²) in [6.45, 7) is 0.510. The molecule has 0 aliphatic rings. The van der Waals surface area contributed by atoms with Gasteiger partial charge in [-0.1, -0.05) is 0 Å². The van der Waals surface area contributed by atoms with E-state index < -0.39 is 0 Å². The molecule has 1 amide bonds. The number of nitrogens with zero attached hydrogens (tertiary/aromatic N) is 2. The van der Waals surface area contributed by atoms with Gasteiger partial charge in [0.2, 0.25) is 5.91 Å². The second-order valence-corrected chi connectivity index (χ2v) is 6.34. The molecule has 8 nitrogen and oxygen atoms in total. The lowest BCUT2D eigenvalue weighted by Gasteiger charge is -2.10. The van der Waals surface area contributed by atoms with Crippen molar-refractivity contribution in [1.29, 1.82) is 0 Å². The van der Waals surface area contributed by atoms with Crippen LogP contribution in [0.5, 0.6) is 17.2 Å². The Morgan fingerprint density at radius 3 is 2.17 bits per heavy atom. The molecule has 3 rings (SSSR count). The lowest BCUT2D eigenvalue weighted by atomic mass is 10.1. The summed E-state index contributed by atoms with van der Waals surface area (Å²) in [5.41, 5.74) is 1.02. The average Bonchev–Trinajstić information content (AvgIpc) is 2.78. The van der Waals surface area contributed by atoms with Crippen LogP contribution in [0.15, 0.2) is 65.7 Å². The number of hydrogen-bond donors (Lipinski definition) is 1. The normalized spacial score (nSPS) is 10.3. The molecule has 1 heterocycles. The molecule has 1 N–H and O–H groups in total. The minimum Gasteiger partial charge on any atom is -0.497 e. The van der Waals surface area contributed by atoms with E-state index >= 15 is 0 Å². The first-order valence-electron chi connectivity index (χ1n) is 9.33. The van der Waals surface area contributed by atoms with E-state index in [0.29, 0.717) is 24.6 Å². The molecule has 1 aromatic heterocycles. The van der Waals surface area contributed by atoms with Gasteiger partial charge < -0.3 is 19.5 Å². The zero-order valence-electron chi connectivity index (χ0n) is 16.8. The first kappa shape index (κ1) is 20.9. The summed E-state index contributed by atoms with van der Waals surface area (Å²) >= 11 is 0. The van der Waals surface area contributed by atoms with Crippen molar-refractivity contribution in [2.24, 2.45) is 0 Å². The number of carbonyl (C=O) groups excluding carboxylic acids is 1. The van der Waals surface area contributed by atoms with Gasteiger partial charge in [-0.15, -0.1) is 0 Å². The van der Waals surface area contributed by atoms with Crippen LogP contribution in [-0.2, 0) is 11.3 Å². The highest BCUT2D eigenvalue weighted by Crippen LogP contribution is 2.19. The standard InChI is InChI=1S/C22H23N3O5/c1-28-17-5-3-16(4-6-17)20-13-22(27)25(15-24-20)14-21(26)23-11-12-30-19-9-7-18(29-2)8-10-19/h3-10,13,15H,11-12,14H2,1-2H3,(H,23,26). The predicted octanol–water partition coefficient (Wildman–Crippen LogP) is 2.12. The van der Waals surface area contributed by atoms with Gasteiger partial charge in [0.1, 0.15) is 30.4 Å². The van der Waals surface area contributed by atoms with Crippen molar-refractivity contribution >= 4 is 5.91 Å². The molecule has 0 unspecified atom stereocenters. The van der Waals surface area contributed by atoms with Gasteiger partial charge >= 0.3 is 0 Å². The van der Waals surface area contributed by atoms with E-state index in [9.17, 15) is 9.59 Å². The molecule has 0 saturated carbocycles. The third kappa shape index (κ3) is 5.60. The first-order chi connectivity index (χ1) is 14.6. The Hall–Kier alpha value is -3.81. The Balaban J connectivity index is 1.49. The summed E-state index contributed by atoms with van der Waals surface area (Å²) < 4.78 is 17.0. The van der Waals surface area contributed by atoms with E-state index in [1.165, 1.54) is 17.0 Å². The van der Waals surface area contributed by atoms with Gasteiger partial charge in [-0.25, -0.2) is 4.98 Å². The summed E-state index contributed by atoms with van der Waals surface area (Å²) in [6, 6.07) is 15.8. The number of ether oxygens (including phenoxy) is 3. The second kappa shape index (κ2) is 10.1. The maximum Gasteiger partial charge on any atom is 0.254 e. The molecule has 30 heavy (non-hydrogen) atoms. The van der Waals surface area contributed by atoms with Gasteiger partial charge in [-0.3, -0.25) is 14.2 Å². The zero-order valence-corrected chi connectivity index (χ0v) is 16.8. The molecule has 0 radical (unpaired) electrons. The van der Waals surface area contributed by atoms with Crippen LogP contribution in [-0.4, -0.2) is 42.8 Å². The molecule has 0 saturated heterocycles. The van der Waals surface area contributed by atoms with Crippen LogP contribution in [0, 0.1) is 0 Å². The Labute approximate surface area is 174 Å². The number of methoxy groups -OCH3 is 2. The van der Waals surface area contributed by atoms with Crippen LogP contribution < -0.4 is 25.1 Å². The van der Waals surface area contributed by atoms with E-state index in [0.717, 1.165) is 17.1 Å². The van der Waals surface area contributed by atoms with Crippen LogP contribution in [0.2, 0.25) is 0 Å². The summed E-state index contributed by atoms with van der Waals surface area (Å²) in [5.74, 6) is 1.85. The second-order valence-electron chi connectivity index (χ2n) is 6.34. The van der Waals surface area contributed by atoms with Crippen LogP contribution >= 0.6 is 0 Å². The third-order valence-corrected chi connectivity index (χ3v) is 4.33. The molecule has 0 aliphatic heterocycles. The smallest absolute Gasteiger partial charge is 0.254 e. The predicted molar refractivity (Wildman–Crippen MR) is 112 cm³/mol. The Kier molecular flexibility index (Phi) is 7.05. The molecule has 0 bridgehead atoms. The minimum atomic E-state index is -0.305. The van der Waals surface area contributed by atoms with E-state index in [2.05, 4.69) is 10.3 Å². The Bertz CT molecular complexity index is 1030. The van der Waals surface area contributed by atoms with E-state index in [1.54, 1.807) is 50.6 Å². The summed E-state index contributed by atoms with van der Waals surface area (Å²) in [5, 5.41) is 2.72. The molecule has 0 aliphatic carbocycles. The highest BCUT2D eigenvalue weighted by atomic mass is 16.5. The molecular weight excluding hydrogens is 386 g/mol. The van der Waals surface area contributed by atoms with Gasteiger partial charge in [-0.2, -0.15) is 0 Å². The Morgan fingerprint density at radius 2 is 1.57 bits per heavy atom. The van der Waals surface area contributed by atoms with Gasteiger partial charge in [0.15, 0.2) is 0 Å². The van der Waals surface area contributed by atoms with E-state index in [4.69, 9.17) is 14.2 Å². The summed E-state index contributed by atoms with van der Waals surface area (Å²) in [6.07, 6.45) is 1.37. The van der Waals surface area contributed by atoms with Crippen molar-refractivity contribution in [3.8, 4) is 28.5 Å². The molecule has 0 fully saturated rings. The summed E-state index contributed by atoms with van der Waals surface area (Å²) in [7, 11) is 3.18. The first-order valence-corrected chi connectivity index (χ1v) is 9.33. The van der Waals surface area contributed by atoms with Crippen molar-refractivity contribution in [1.82, 2.24) is 14.9 Å². The van der Waals surface area contributed by atoms with Crippen molar-refractivity contribution < 1.29 is 19.0 Å². The monoisotopic (exact) mass is 409 g/mol. The van der Waals surface area contributed by atoms with E-state index in [1.807, 2.05) is 12.1 Å². The molecule has 3 aromatic rings. The highest BCUT2D eigenvalue weighted by Gasteiger charge is 2.07.